The van der Waals surface area contributed by atoms with Crippen LogP contribution >= 0.6 is 23.8 Å². The van der Waals surface area contributed by atoms with Crippen LogP contribution in [0.3, 0.4) is 0 Å². The number of halogens is 1. The first-order chi connectivity index (χ1) is 17.9. The Bertz CT molecular complexity index is 1430. The largest absolute Gasteiger partial charge is 0.459 e. The molecule has 1 aliphatic heterocycles. The van der Waals surface area contributed by atoms with Crippen LogP contribution in [0.2, 0.25) is 5.02 Å². The molecule has 37 heavy (non-hydrogen) atoms. The molecular formula is C28H25ClN4O3S. The van der Waals surface area contributed by atoms with Crippen LogP contribution in [-0.2, 0) is 9.53 Å². The van der Waals surface area contributed by atoms with Crippen molar-refractivity contribution < 1.29 is 13.9 Å². The molecule has 4 aromatic rings. The van der Waals surface area contributed by atoms with E-state index in [1.165, 1.54) is 7.11 Å². The molecule has 3 heterocycles. The molecule has 2 atom stereocenters. The number of aryl methyl sites for hydroxylation is 1. The second-order valence-electron chi connectivity index (χ2n) is 8.69. The molecule has 0 saturated carbocycles. The zero-order chi connectivity index (χ0) is 25.9. The van der Waals surface area contributed by atoms with Crippen molar-refractivity contribution in [3.63, 3.8) is 0 Å². The van der Waals surface area contributed by atoms with Crippen molar-refractivity contribution in [3.8, 4) is 11.3 Å². The Kier molecular flexibility index (Phi) is 7.23. The lowest BCUT2D eigenvalue weighted by Crippen LogP contribution is -2.29. The number of carbonyl (C=O) groups excluding carboxylic acids is 1. The van der Waals surface area contributed by atoms with Crippen LogP contribution in [0.4, 0.5) is 11.4 Å². The standard InChI is InChI=1S/C28H25ClN4O3S/c1-17-6-7-18(15-21(17)29)23-12-13-24(36-23)27-26(22-5-3-4-14-30-22)32-28(37)33(27)20-10-8-19(9-11-20)31-25(34)16-35-2/h3-15,26-27H,16H2,1-2H3,(H,31,34)(H,32,37)/t26-,27-/m1/s1. The van der Waals surface area contributed by atoms with Crippen molar-refractivity contribution in [3.05, 3.63) is 101 Å². The number of nitrogens with one attached hydrogen (secondary N) is 2. The number of benzene rings is 2. The van der Waals surface area contributed by atoms with Gasteiger partial charge >= 0.3 is 0 Å². The number of furan rings is 1. The molecule has 1 amide bonds. The fourth-order valence-electron chi connectivity index (χ4n) is 4.37. The van der Waals surface area contributed by atoms with Gasteiger partial charge in [0.2, 0.25) is 5.91 Å². The second-order valence-corrected chi connectivity index (χ2v) is 9.48. The molecule has 0 radical (unpaired) electrons. The smallest absolute Gasteiger partial charge is 0.250 e. The van der Waals surface area contributed by atoms with Crippen LogP contribution in [-0.4, -0.2) is 29.7 Å². The fraction of sp³-hybridized carbons (Fsp3) is 0.179. The summed E-state index contributed by atoms with van der Waals surface area (Å²) in [4.78, 5) is 18.5. The molecule has 0 spiro atoms. The third-order valence-electron chi connectivity index (χ3n) is 6.18. The summed E-state index contributed by atoms with van der Waals surface area (Å²) >= 11 is 12.2. The summed E-state index contributed by atoms with van der Waals surface area (Å²) in [5, 5.41) is 7.47. The molecule has 1 fully saturated rings. The van der Waals surface area contributed by atoms with Crippen molar-refractivity contribution in [1.29, 1.82) is 0 Å². The summed E-state index contributed by atoms with van der Waals surface area (Å²) in [5.41, 5.74) is 4.26. The van der Waals surface area contributed by atoms with Gasteiger partial charge in [0.25, 0.3) is 0 Å². The van der Waals surface area contributed by atoms with Crippen molar-refractivity contribution in [1.82, 2.24) is 10.3 Å². The maximum atomic E-state index is 11.9. The number of thiocarbonyl (C=S) groups is 1. The van der Waals surface area contributed by atoms with E-state index in [0.717, 1.165) is 28.3 Å². The number of ether oxygens (including phenoxy) is 1. The Labute approximate surface area is 225 Å². The van der Waals surface area contributed by atoms with Gasteiger partial charge in [0.1, 0.15) is 24.2 Å². The molecule has 2 N–H and O–H groups in total. The molecule has 1 saturated heterocycles. The van der Waals surface area contributed by atoms with Crippen LogP contribution in [0.15, 0.2) is 83.4 Å². The van der Waals surface area contributed by atoms with Crippen LogP contribution in [0.5, 0.6) is 0 Å². The lowest BCUT2D eigenvalue weighted by atomic mass is 10.0. The van der Waals surface area contributed by atoms with E-state index in [2.05, 4.69) is 15.6 Å². The average Bonchev–Trinajstić information content (AvgIpc) is 3.51. The molecule has 2 aromatic carbocycles. The molecule has 7 nitrogen and oxygen atoms in total. The van der Waals surface area contributed by atoms with Gasteiger partial charge in [-0.1, -0.05) is 29.8 Å². The van der Waals surface area contributed by atoms with E-state index in [1.807, 2.05) is 84.6 Å². The Hall–Kier alpha value is -3.72. The number of anilines is 2. The van der Waals surface area contributed by atoms with Gasteiger partial charge in [-0.15, -0.1) is 0 Å². The number of amides is 1. The van der Waals surface area contributed by atoms with E-state index in [-0.39, 0.29) is 24.6 Å². The molecule has 1 aliphatic rings. The average molecular weight is 533 g/mol. The number of hydrogen-bond acceptors (Lipinski definition) is 5. The van der Waals surface area contributed by atoms with Crippen LogP contribution in [0.1, 0.15) is 29.1 Å². The summed E-state index contributed by atoms with van der Waals surface area (Å²) in [6, 6.07) is 22.5. The Morgan fingerprint density at radius 1 is 1.16 bits per heavy atom. The molecular weight excluding hydrogens is 508 g/mol. The summed E-state index contributed by atoms with van der Waals surface area (Å²) in [6.45, 7) is 1.96. The van der Waals surface area contributed by atoms with E-state index in [0.29, 0.717) is 21.6 Å². The quantitative estimate of drug-likeness (QED) is 0.280. The van der Waals surface area contributed by atoms with Crippen LogP contribution in [0.25, 0.3) is 11.3 Å². The zero-order valence-electron chi connectivity index (χ0n) is 20.3. The maximum absolute atomic E-state index is 11.9. The first kappa shape index (κ1) is 25.0. The number of hydrogen-bond donors (Lipinski definition) is 2. The number of methoxy groups -OCH3 is 1. The lowest BCUT2D eigenvalue weighted by molar-refractivity contribution is -0.119. The predicted octanol–water partition coefficient (Wildman–Crippen LogP) is 6.07. The van der Waals surface area contributed by atoms with E-state index >= 15 is 0 Å². The monoisotopic (exact) mass is 532 g/mol. The van der Waals surface area contributed by atoms with Gasteiger partial charge in [0.15, 0.2) is 5.11 Å². The highest BCUT2D eigenvalue weighted by atomic mass is 35.5. The van der Waals surface area contributed by atoms with Gasteiger partial charge < -0.3 is 24.7 Å². The Balaban J connectivity index is 1.51. The highest BCUT2D eigenvalue weighted by molar-refractivity contribution is 7.80. The highest BCUT2D eigenvalue weighted by Gasteiger charge is 2.42. The van der Waals surface area contributed by atoms with Gasteiger partial charge in [-0.3, -0.25) is 9.78 Å². The summed E-state index contributed by atoms with van der Waals surface area (Å²) in [6.07, 6.45) is 1.76. The second kappa shape index (κ2) is 10.7. The third kappa shape index (κ3) is 5.22. The molecule has 5 rings (SSSR count). The molecule has 0 aliphatic carbocycles. The van der Waals surface area contributed by atoms with Gasteiger partial charge in [0, 0.05) is 35.3 Å². The van der Waals surface area contributed by atoms with Crippen molar-refractivity contribution >= 4 is 46.2 Å². The zero-order valence-corrected chi connectivity index (χ0v) is 21.8. The first-order valence-electron chi connectivity index (χ1n) is 11.7. The van der Waals surface area contributed by atoms with E-state index in [9.17, 15) is 4.79 Å². The summed E-state index contributed by atoms with van der Waals surface area (Å²) < 4.78 is 11.3. The van der Waals surface area contributed by atoms with Crippen molar-refractivity contribution in [2.75, 3.05) is 23.9 Å². The van der Waals surface area contributed by atoms with Gasteiger partial charge in [-0.2, -0.15) is 0 Å². The number of carbonyl (C=O) groups is 1. The summed E-state index contributed by atoms with van der Waals surface area (Å²) in [5.74, 6) is 1.22. The highest BCUT2D eigenvalue weighted by Crippen LogP contribution is 2.43. The molecule has 0 unspecified atom stereocenters. The Morgan fingerprint density at radius 2 is 1.97 bits per heavy atom. The third-order valence-corrected chi connectivity index (χ3v) is 6.90. The Morgan fingerprint density at radius 3 is 2.68 bits per heavy atom. The van der Waals surface area contributed by atoms with Crippen molar-refractivity contribution in [2.24, 2.45) is 0 Å². The normalized spacial score (nSPS) is 17.1. The number of rotatable bonds is 7. The van der Waals surface area contributed by atoms with Gasteiger partial charge in [0.05, 0.1) is 11.7 Å². The molecule has 9 heteroatoms. The first-order valence-corrected chi connectivity index (χ1v) is 12.5. The minimum absolute atomic E-state index is 0.0112. The SMILES string of the molecule is COCC(=O)Nc1ccc(N2C(=S)N[C@H](c3ccccn3)[C@H]2c2ccc(-c3ccc(C)c(Cl)c3)o2)cc1. The van der Waals surface area contributed by atoms with Crippen molar-refractivity contribution in [2.45, 2.75) is 19.0 Å². The lowest BCUT2D eigenvalue weighted by Gasteiger charge is -2.26. The minimum Gasteiger partial charge on any atom is -0.459 e. The number of pyridine rings is 1. The molecule has 0 bridgehead atoms. The predicted molar refractivity (Wildman–Crippen MR) is 149 cm³/mol. The van der Waals surface area contributed by atoms with E-state index in [4.69, 9.17) is 33.0 Å². The van der Waals surface area contributed by atoms with Gasteiger partial charge in [-0.05, 0) is 79.3 Å². The van der Waals surface area contributed by atoms with Gasteiger partial charge in [-0.25, -0.2) is 0 Å². The van der Waals surface area contributed by atoms with Crippen LogP contribution in [0, 0.1) is 6.92 Å². The molecule has 188 valence electrons. The van der Waals surface area contributed by atoms with E-state index in [1.54, 1.807) is 6.20 Å². The number of aromatic nitrogens is 1. The topological polar surface area (TPSA) is 79.6 Å². The van der Waals surface area contributed by atoms with E-state index < -0.39 is 0 Å². The number of nitrogens with zero attached hydrogens (tertiary/aromatic N) is 2. The van der Waals surface area contributed by atoms with Crippen LogP contribution < -0.4 is 15.5 Å². The molecule has 2 aromatic heterocycles. The maximum Gasteiger partial charge on any atom is 0.250 e. The fourth-order valence-corrected chi connectivity index (χ4v) is 4.89. The minimum atomic E-state index is -0.300. The summed E-state index contributed by atoms with van der Waals surface area (Å²) in [7, 11) is 1.48.